The molecule has 0 bridgehead atoms. The van der Waals surface area contributed by atoms with Crippen molar-refractivity contribution in [2.45, 2.75) is 30.7 Å². The number of hydrogen-bond acceptors (Lipinski definition) is 7. The van der Waals surface area contributed by atoms with Crippen LogP contribution in [0.25, 0.3) is 0 Å². The van der Waals surface area contributed by atoms with Crippen LogP contribution in [-0.2, 0) is 4.74 Å². The van der Waals surface area contributed by atoms with E-state index >= 15 is 0 Å². The Labute approximate surface area is 138 Å². The Morgan fingerprint density at radius 1 is 1.32 bits per heavy atom. The number of ether oxygens (including phenoxy) is 2. The Bertz CT molecular complexity index is 558. The Balaban J connectivity index is 2.17. The molecule has 1 aromatic rings. The van der Waals surface area contributed by atoms with Gasteiger partial charge in [-0.05, 0) is 6.07 Å². The Kier molecular flexibility index (Phi) is 5.59. The molecule has 5 atom stereocenters. The molecule has 8 nitrogen and oxygen atoms in total. The summed E-state index contributed by atoms with van der Waals surface area (Å²) >= 11 is 9.01. The monoisotopic (exact) mass is 397 g/mol. The number of nitrogens with zero attached hydrogens (tertiary/aromatic N) is 1. The maximum absolute atomic E-state index is 10.6. The summed E-state index contributed by atoms with van der Waals surface area (Å²) in [5.41, 5.74) is -0.212. The van der Waals surface area contributed by atoms with E-state index in [1.807, 2.05) is 0 Å². The topological polar surface area (TPSA) is 122 Å². The van der Waals surface area contributed by atoms with Gasteiger partial charge in [-0.1, -0.05) is 27.5 Å². The fourth-order valence-electron chi connectivity index (χ4n) is 1.97. The summed E-state index contributed by atoms with van der Waals surface area (Å²) in [6, 6.07) is 3.54. The van der Waals surface area contributed by atoms with Gasteiger partial charge in [0.15, 0.2) is 0 Å². The fourth-order valence-corrected chi connectivity index (χ4v) is 2.72. The van der Waals surface area contributed by atoms with E-state index < -0.39 is 35.6 Å². The van der Waals surface area contributed by atoms with Gasteiger partial charge in [0.05, 0.1) is 9.95 Å². The number of alkyl halides is 1. The average Bonchev–Trinajstić information content (AvgIpc) is 2.49. The Morgan fingerprint density at radius 3 is 2.55 bits per heavy atom. The molecule has 0 radical (unpaired) electrons. The van der Waals surface area contributed by atoms with Gasteiger partial charge in [0, 0.05) is 17.5 Å². The molecule has 0 aromatic heterocycles. The summed E-state index contributed by atoms with van der Waals surface area (Å²) in [6.45, 7) is 0. The van der Waals surface area contributed by atoms with Crippen LogP contribution in [-0.4, -0.2) is 56.3 Å². The first-order chi connectivity index (χ1) is 10.3. The lowest BCUT2D eigenvalue weighted by atomic mass is 10.00. The number of non-ortho nitro benzene ring substituents is 1. The molecule has 1 fully saturated rings. The number of hydrogen-bond donors (Lipinski definition) is 3. The molecule has 0 amide bonds. The molecule has 1 heterocycles. The summed E-state index contributed by atoms with van der Waals surface area (Å²) in [5.74, 6) is 0.0493. The second kappa shape index (κ2) is 7.07. The second-order valence-electron chi connectivity index (χ2n) is 4.66. The summed E-state index contributed by atoms with van der Waals surface area (Å²) in [5, 5.41) is 40.2. The molecular formula is C12H13BrClNO7. The third kappa shape index (κ3) is 3.50. The van der Waals surface area contributed by atoms with Gasteiger partial charge < -0.3 is 24.8 Å². The third-order valence-electron chi connectivity index (χ3n) is 3.19. The summed E-state index contributed by atoms with van der Waals surface area (Å²) in [7, 11) is 0. The minimum Gasteiger partial charge on any atom is -0.460 e. The molecule has 3 N–H and O–H groups in total. The van der Waals surface area contributed by atoms with Crippen molar-refractivity contribution in [1.29, 1.82) is 0 Å². The van der Waals surface area contributed by atoms with Crippen molar-refractivity contribution in [2.24, 2.45) is 0 Å². The van der Waals surface area contributed by atoms with Crippen LogP contribution < -0.4 is 4.74 Å². The summed E-state index contributed by atoms with van der Waals surface area (Å²) < 4.78 is 10.7. The Hall–Kier alpha value is -0.970. The van der Waals surface area contributed by atoms with Crippen LogP contribution >= 0.6 is 27.5 Å². The first-order valence-corrected chi connectivity index (χ1v) is 7.71. The highest BCUT2D eigenvalue weighted by Gasteiger charge is 2.44. The minimum atomic E-state index is -1.50. The lowest BCUT2D eigenvalue weighted by Gasteiger charge is -2.39. The van der Waals surface area contributed by atoms with Crippen molar-refractivity contribution in [3.05, 3.63) is 33.3 Å². The highest BCUT2D eigenvalue weighted by Crippen LogP contribution is 2.32. The smallest absolute Gasteiger partial charge is 0.271 e. The quantitative estimate of drug-likeness (QED) is 0.390. The number of halogens is 2. The fraction of sp³-hybridized carbons (Fsp3) is 0.500. The van der Waals surface area contributed by atoms with Crippen LogP contribution in [0.5, 0.6) is 5.75 Å². The molecule has 1 aromatic carbocycles. The van der Waals surface area contributed by atoms with Gasteiger partial charge in [-0.2, -0.15) is 0 Å². The van der Waals surface area contributed by atoms with Crippen molar-refractivity contribution in [3.8, 4) is 5.75 Å². The number of aliphatic hydroxyl groups excluding tert-OH is 3. The zero-order chi connectivity index (χ0) is 16.4. The molecule has 122 valence electrons. The maximum atomic E-state index is 10.6. The molecule has 0 saturated carbocycles. The highest BCUT2D eigenvalue weighted by atomic mass is 79.9. The molecule has 2 unspecified atom stereocenters. The van der Waals surface area contributed by atoms with E-state index in [0.29, 0.717) is 0 Å². The van der Waals surface area contributed by atoms with Gasteiger partial charge in [-0.15, -0.1) is 0 Å². The van der Waals surface area contributed by atoms with Gasteiger partial charge >= 0.3 is 0 Å². The van der Waals surface area contributed by atoms with Crippen LogP contribution in [0.4, 0.5) is 5.69 Å². The molecule has 0 aliphatic carbocycles. The van der Waals surface area contributed by atoms with Crippen molar-refractivity contribution in [2.75, 3.05) is 5.33 Å². The van der Waals surface area contributed by atoms with E-state index in [1.165, 1.54) is 12.1 Å². The number of nitro benzene ring substituents is 1. The number of benzene rings is 1. The van der Waals surface area contributed by atoms with Crippen molar-refractivity contribution in [3.63, 3.8) is 0 Å². The van der Waals surface area contributed by atoms with E-state index in [1.54, 1.807) is 0 Å². The molecule has 10 heteroatoms. The maximum Gasteiger partial charge on any atom is 0.271 e. The number of rotatable bonds is 4. The van der Waals surface area contributed by atoms with Crippen LogP contribution in [0, 0.1) is 10.1 Å². The third-order valence-corrected chi connectivity index (χ3v) is 4.12. The van der Waals surface area contributed by atoms with E-state index in [9.17, 15) is 25.4 Å². The minimum absolute atomic E-state index is 0.0407. The van der Waals surface area contributed by atoms with Gasteiger partial charge in [0.25, 0.3) is 5.69 Å². The number of nitro groups is 1. The van der Waals surface area contributed by atoms with Crippen molar-refractivity contribution < 1.29 is 29.7 Å². The SMILES string of the molecule is O=[N+]([O-])c1ccc(O[C@@H]2OC(CBr)[C@@H](O)[C@H](O)C2O)c(Cl)c1. The molecule has 1 saturated heterocycles. The predicted molar refractivity (Wildman–Crippen MR) is 79.2 cm³/mol. The normalized spacial score (nSPS) is 31.8. The second-order valence-corrected chi connectivity index (χ2v) is 5.71. The predicted octanol–water partition coefficient (Wildman–Crippen LogP) is 0.829. The van der Waals surface area contributed by atoms with Gasteiger partial charge in [0.2, 0.25) is 6.29 Å². The van der Waals surface area contributed by atoms with Crippen molar-refractivity contribution >= 4 is 33.2 Å². The van der Waals surface area contributed by atoms with Crippen LogP contribution in [0.1, 0.15) is 0 Å². The largest absolute Gasteiger partial charge is 0.460 e. The number of aliphatic hydroxyl groups is 3. The van der Waals surface area contributed by atoms with Crippen LogP contribution in [0.3, 0.4) is 0 Å². The lowest BCUT2D eigenvalue weighted by molar-refractivity contribution is -0.384. The van der Waals surface area contributed by atoms with Gasteiger partial charge in [-0.25, -0.2) is 0 Å². The molecule has 1 aliphatic heterocycles. The van der Waals surface area contributed by atoms with Gasteiger partial charge in [0.1, 0.15) is 30.2 Å². The van der Waals surface area contributed by atoms with Crippen LogP contribution in [0.2, 0.25) is 5.02 Å². The van der Waals surface area contributed by atoms with Crippen molar-refractivity contribution in [1.82, 2.24) is 0 Å². The summed E-state index contributed by atoms with van der Waals surface area (Å²) in [6.07, 6.45) is -6.31. The zero-order valence-electron chi connectivity index (χ0n) is 11.0. The van der Waals surface area contributed by atoms with E-state index in [0.717, 1.165) is 6.07 Å². The van der Waals surface area contributed by atoms with Crippen LogP contribution in [0.15, 0.2) is 18.2 Å². The lowest BCUT2D eigenvalue weighted by Crippen LogP contribution is -2.59. The molecular weight excluding hydrogens is 385 g/mol. The molecule has 0 spiro atoms. The van der Waals surface area contributed by atoms with Gasteiger partial charge in [-0.3, -0.25) is 10.1 Å². The van der Waals surface area contributed by atoms with E-state index in [-0.39, 0.29) is 21.8 Å². The Morgan fingerprint density at radius 2 is 2.00 bits per heavy atom. The molecule has 22 heavy (non-hydrogen) atoms. The zero-order valence-corrected chi connectivity index (χ0v) is 13.3. The van der Waals surface area contributed by atoms with E-state index in [2.05, 4.69) is 15.9 Å². The van der Waals surface area contributed by atoms with E-state index in [4.69, 9.17) is 21.1 Å². The first-order valence-electron chi connectivity index (χ1n) is 6.21. The average molecular weight is 399 g/mol. The highest BCUT2D eigenvalue weighted by molar-refractivity contribution is 9.09. The first kappa shape index (κ1) is 17.4. The standard InChI is InChI=1S/C12H13BrClNO7/c13-4-8-9(16)10(17)11(18)12(22-8)21-7-2-1-5(15(19)20)3-6(7)14/h1-3,8-12,16-18H,4H2/t8?,9-,10+,11?,12-/m1/s1. The molecule has 1 aliphatic rings. The summed E-state index contributed by atoms with van der Waals surface area (Å²) in [4.78, 5) is 10.0. The molecule has 2 rings (SSSR count).